The Bertz CT molecular complexity index is 974. The first-order valence-corrected chi connectivity index (χ1v) is 8.85. The van der Waals surface area contributed by atoms with Crippen molar-refractivity contribution in [1.82, 2.24) is 9.97 Å². The Hall–Kier alpha value is -3.81. The van der Waals surface area contributed by atoms with Crippen molar-refractivity contribution in [1.29, 1.82) is 0 Å². The molecule has 3 aromatic rings. The number of nitrogens with zero attached hydrogens (tertiary/aromatic N) is 2. The van der Waals surface area contributed by atoms with Crippen LogP contribution in [0.3, 0.4) is 0 Å². The van der Waals surface area contributed by atoms with Crippen molar-refractivity contribution in [2.75, 3.05) is 24.3 Å². The van der Waals surface area contributed by atoms with Crippen LogP contribution in [-0.4, -0.2) is 35.5 Å². The minimum Gasteiger partial charge on any atom is -0.465 e. The molecule has 0 atom stereocenters. The Labute approximate surface area is 167 Å². The number of hydrogen-bond acceptors (Lipinski definition) is 6. The molecule has 0 saturated carbocycles. The van der Waals surface area contributed by atoms with Crippen LogP contribution in [0.2, 0.25) is 0 Å². The highest BCUT2D eigenvalue weighted by Gasteiger charge is 2.09. The maximum absolute atomic E-state index is 12.9. The normalized spacial score (nSPS) is 10.3. The van der Waals surface area contributed by atoms with Gasteiger partial charge in [0.25, 0.3) is 5.91 Å². The van der Waals surface area contributed by atoms with Gasteiger partial charge in [-0.05, 0) is 48.4 Å². The third kappa shape index (κ3) is 5.58. The van der Waals surface area contributed by atoms with Crippen LogP contribution in [0.25, 0.3) is 0 Å². The van der Waals surface area contributed by atoms with Gasteiger partial charge in [-0.3, -0.25) is 4.79 Å². The van der Waals surface area contributed by atoms with Gasteiger partial charge in [0.1, 0.15) is 5.82 Å². The van der Waals surface area contributed by atoms with E-state index >= 15 is 0 Å². The molecule has 148 valence electrons. The third-order valence-electron chi connectivity index (χ3n) is 4.09. The summed E-state index contributed by atoms with van der Waals surface area (Å²) < 4.78 is 17.5. The lowest BCUT2D eigenvalue weighted by Crippen LogP contribution is -2.14. The molecule has 2 N–H and O–H groups in total. The molecule has 0 spiro atoms. The lowest BCUT2D eigenvalue weighted by atomic mass is 10.1. The number of amides is 1. The average Bonchev–Trinajstić information content (AvgIpc) is 2.75. The number of aromatic nitrogens is 2. The second kappa shape index (κ2) is 9.41. The average molecular weight is 394 g/mol. The van der Waals surface area contributed by atoms with Gasteiger partial charge in [0.15, 0.2) is 0 Å². The second-order valence-electron chi connectivity index (χ2n) is 6.12. The smallest absolute Gasteiger partial charge is 0.337 e. The van der Waals surface area contributed by atoms with E-state index in [9.17, 15) is 14.0 Å². The summed E-state index contributed by atoms with van der Waals surface area (Å²) in [5.41, 5.74) is 2.22. The van der Waals surface area contributed by atoms with E-state index in [4.69, 9.17) is 0 Å². The van der Waals surface area contributed by atoms with Gasteiger partial charge in [-0.1, -0.05) is 12.1 Å². The van der Waals surface area contributed by atoms with Crippen LogP contribution < -0.4 is 10.6 Å². The lowest BCUT2D eigenvalue weighted by molar-refractivity contribution is 0.0600. The number of anilines is 2. The number of nitrogens with one attached hydrogen (secondary N) is 2. The number of carbonyl (C=O) groups is 2. The first-order valence-electron chi connectivity index (χ1n) is 8.85. The number of benzene rings is 2. The molecule has 8 heteroatoms. The molecule has 0 aliphatic carbocycles. The van der Waals surface area contributed by atoms with E-state index in [1.54, 1.807) is 36.4 Å². The van der Waals surface area contributed by atoms with E-state index in [-0.39, 0.29) is 11.7 Å². The summed E-state index contributed by atoms with van der Waals surface area (Å²) in [5, 5.41) is 5.76. The van der Waals surface area contributed by atoms with Crippen molar-refractivity contribution in [2.24, 2.45) is 0 Å². The highest BCUT2D eigenvalue weighted by molar-refractivity contribution is 6.04. The predicted molar refractivity (Wildman–Crippen MR) is 106 cm³/mol. The largest absolute Gasteiger partial charge is 0.465 e. The van der Waals surface area contributed by atoms with Crippen LogP contribution in [0.15, 0.2) is 60.9 Å². The Kier molecular flexibility index (Phi) is 6.47. The molecule has 0 unspecified atom stereocenters. The summed E-state index contributed by atoms with van der Waals surface area (Å²) in [5.74, 6) is -0.683. The maximum Gasteiger partial charge on any atom is 0.337 e. The molecule has 29 heavy (non-hydrogen) atoms. The summed E-state index contributed by atoms with van der Waals surface area (Å²) in [4.78, 5) is 32.0. The highest BCUT2D eigenvalue weighted by Crippen LogP contribution is 2.12. The number of esters is 1. The number of carbonyl (C=O) groups excluding carboxylic acids is 2. The quantitative estimate of drug-likeness (QED) is 0.597. The van der Waals surface area contributed by atoms with Gasteiger partial charge in [0.05, 0.1) is 18.2 Å². The van der Waals surface area contributed by atoms with Crippen LogP contribution in [-0.2, 0) is 11.2 Å². The minimum atomic E-state index is -0.446. The second-order valence-corrected chi connectivity index (χ2v) is 6.12. The Morgan fingerprint density at radius 2 is 1.62 bits per heavy atom. The molecule has 7 nitrogen and oxygen atoms in total. The summed E-state index contributed by atoms with van der Waals surface area (Å²) in [6.45, 7) is 0.573. The van der Waals surface area contributed by atoms with E-state index in [0.717, 1.165) is 5.56 Å². The van der Waals surface area contributed by atoms with Gasteiger partial charge in [-0.2, -0.15) is 0 Å². The summed E-state index contributed by atoms with van der Waals surface area (Å²) in [7, 11) is 1.30. The Morgan fingerprint density at radius 3 is 2.24 bits per heavy atom. The number of ether oxygens (including phenoxy) is 1. The Morgan fingerprint density at radius 1 is 0.966 bits per heavy atom. The monoisotopic (exact) mass is 394 g/mol. The van der Waals surface area contributed by atoms with Crippen molar-refractivity contribution in [3.05, 3.63) is 83.4 Å². The molecule has 1 heterocycles. The van der Waals surface area contributed by atoms with Crippen LogP contribution >= 0.6 is 0 Å². The van der Waals surface area contributed by atoms with E-state index < -0.39 is 5.97 Å². The first kappa shape index (κ1) is 19.9. The molecule has 0 aliphatic rings. The third-order valence-corrected chi connectivity index (χ3v) is 4.09. The number of methoxy groups -OCH3 is 1. The fraction of sp³-hybridized carbons (Fsp3) is 0.143. The van der Waals surface area contributed by atoms with Gasteiger partial charge in [0, 0.05) is 24.6 Å². The van der Waals surface area contributed by atoms with E-state index in [1.807, 2.05) is 0 Å². The zero-order valence-electron chi connectivity index (χ0n) is 15.7. The van der Waals surface area contributed by atoms with Crippen molar-refractivity contribution >= 4 is 23.5 Å². The molecule has 0 fully saturated rings. The molecule has 3 rings (SSSR count). The molecular formula is C21H19FN4O3. The van der Waals surface area contributed by atoms with Gasteiger partial charge in [-0.15, -0.1) is 0 Å². The number of hydrogen-bond donors (Lipinski definition) is 2. The lowest BCUT2D eigenvalue weighted by Gasteiger charge is -2.07. The van der Waals surface area contributed by atoms with Crippen LogP contribution in [0.1, 0.15) is 26.3 Å². The van der Waals surface area contributed by atoms with Gasteiger partial charge >= 0.3 is 5.97 Å². The van der Waals surface area contributed by atoms with Crippen molar-refractivity contribution in [3.63, 3.8) is 0 Å². The van der Waals surface area contributed by atoms with E-state index in [2.05, 4.69) is 25.3 Å². The fourth-order valence-corrected chi connectivity index (χ4v) is 2.52. The standard InChI is InChI=1S/C21H19FN4O3/c1-29-20(28)15-4-8-18(9-5-15)26-19(27)16-12-24-21(25-13-16)23-11-10-14-2-6-17(22)7-3-14/h2-9,12-13H,10-11H2,1H3,(H,26,27)(H,23,24,25). The minimum absolute atomic E-state index is 0.265. The molecule has 0 bridgehead atoms. The highest BCUT2D eigenvalue weighted by atomic mass is 19.1. The SMILES string of the molecule is COC(=O)c1ccc(NC(=O)c2cnc(NCCc3ccc(F)cc3)nc2)cc1. The summed E-state index contributed by atoms with van der Waals surface area (Å²) in [6.07, 6.45) is 3.53. The molecule has 2 aromatic carbocycles. The van der Waals surface area contributed by atoms with Crippen molar-refractivity contribution < 1.29 is 18.7 Å². The van der Waals surface area contributed by atoms with Gasteiger partial charge in [-0.25, -0.2) is 19.2 Å². The number of halogens is 1. The molecule has 0 radical (unpaired) electrons. The molecule has 0 aliphatic heterocycles. The Balaban J connectivity index is 1.51. The molecular weight excluding hydrogens is 375 g/mol. The topological polar surface area (TPSA) is 93.2 Å². The van der Waals surface area contributed by atoms with Crippen LogP contribution in [0.5, 0.6) is 0 Å². The predicted octanol–water partition coefficient (Wildman–Crippen LogP) is 3.31. The van der Waals surface area contributed by atoms with Gasteiger partial charge < -0.3 is 15.4 Å². The van der Waals surface area contributed by atoms with E-state index in [1.165, 1.54) is 31.6 Å². The van der Waals surface area contributed by atoms with Gasteiger partial charge in [0.2, 0.25) is 5.95 Å². The maximum atomic E-state index is 12.9. The fourth-order valence-electron chi connectivity index (χ4n) is 2.52. The molecule has 0 saturated heterocycles. The van der Waals surface area contributed by atoms with Crippen LogP contribution in [0.4, 0.5) is 16.0 Å². The van der Waals surface area contributed by atoms with Crippen LogP contribution in [0, 0.1) is 5.82 Å². The number of rotatable bonds is 7. The van der Waals surface area contributed by atoms with Crippen molar-refractivity contribution in [3.8, 4) is 0 Å². The molecule has 1 aromatic heterocycles. The van der Waals surface area contributed by atoms with E-state index in [0.29, 0.717) is 35.7 Å². The zero-order valence-corrected chi connectivity index (χ0v) is 15.7. The zero-order chi connectivity index (χ0) is 20.6. The summed E-state index contributed by atoms with van der Waals surface area (Å²) in [6, 6.07) is 12.6. The van der Waals surface area contributed by atoms with Crippen molar-refractivity contribution in [2.45, 2.75) is 6.42 Å². The first-order chi connectivity index (χ1) is 14.0. The summed E-state index contributed by atoms with van der Waals surface area (Å²) >= 11 is 0. The molecule has 1 amide bonds.